The number of hydrogen-bond acceptors (Lipinski definition) is 6. The minimum absolute atomic E-state index is 0.0394. The number of aromatic nitrogens is 1. The van der Waals surface area contributed by atoms with Crippen molar-refractivity contribution in [2.45, 2.75) is 31.8 Å². The molecule has 1 saturated carbocycles. The van der Waals surface area contributed by atoms with Gasteiger partial charge >= 0.3 is 5.97 Å². The van der Waals surface area contributed by atoms with Gasteiger partial charge in [0.2, 0.25) is 0 Å². The number of thiazole rings is 1. The molecule has 0 bridgehead atoms. The fourth-order valence-electron chi connectivity index (χ4n) is 2.80. The highest BCUT2D eigenvalue weighted by Crippen LogP contribution is 2.34. The number of rotatable bonds is 3. The molecule has 24 heavy (non-hydrogen) atoms. The lowest BCUT2D eigenvalue weighted by Gasteiger charge is -2.20. The van der Waals surface area contributed by atoms with E-state index in [0.29, 0.717) is 17.7 Å². The molecule has 1 atom stereocenters. The number of esters is 1. The molecule has 2 heterocycles. The van der Waals surface area contributed by atoms with Crippen molar-refractivity contribution in [1.82, 2.24) is 4.98 Å². The molecule has 0 amide bonds. The van der Waals surface area contributed by atoms with E-state index < -0.39 is 12.1 Å². The third-order valence-electron chi connectivity index (χ3n) is 4.06. The summed E-state index contributed by atoms with van der Waals surface area (Å²) in [4.78, 5) is 30.2. The number of hydrogen-bond donors (Lipinski definition) is 0. The first-order chi connectivity index (χ1) is 11.7. The van der Waals surface area contributed by atoms with Crippen LogP contribution in [0.3, 0.4) is 0 Å². The number of carbonyl (C=O) groups excluding carboxylic acids is 2. The van der Waals surface area contributed by atoms with Gasteiger partial charge in [0.05, 0.1) is 15.1 Å². The van der Waals surface area contributed by atoms with Crippen LogP contribution in [0.5, 0.6) is 0 Å². The lowest BCUT2D eigenvalue weighted by Crippen LogP contribution is -2.29. The summed E-state index contributed by atoms with van der Waals surface area (Å²) in [5.41, 5.74) is 0.961. The zero-order valence-corrected chi connectivity index (χ0v) is 14.5. The van der Waals surface area contributed by atoms with Crippen LogP contribution in [0, 0.1) is 0 Å². The van der Waals surface area contributed by atoms with E-state index in [1.807, 2.05) is 30.3 Å². The molecule has 122 valence electrons. The van der Waals surface area contributed by atoms with Gasteiger partial charge in [-0.25, -0.2) is 9.78 Å². The number of Topliss-reactive ketones (excluding diaryl/α,β-unsaturated/α-hetero) is 1. The summed E-state index contributed by atoms with van der Waals surface area (Å²) in [7, 11) is 0. The van der Waals surface area contributed by atoms with Crippen LogP contribution in [0.1, 0.15) is 35.4 Å². The van der Waals surface area contributed by atoms with Crippen LogP contribution in [0.25, 0.3) is 20.1 Å². The zero-order chi connectivity index (χ0) is 16.5. The minimum atomic E-state index is -0.570. The monoisotopic (exact) mass is 357 g/mol. The smallest absolute Gasteiger partial charge is 0.349 e. The van der Waals surface area contributed by atoms with Crippen molar-refractivity contribution in [3.63, 3.8) is 0 Å². The first-order valence-electron chi connectivity index (χ1n) is 7.90. The topological polar surface area (TPSA) is 56.3 Å². The summed E-state index contributed by atoms with van der Waals surface area (Å²) in [5, 5.41) is 0.897. The van der Waals surface area contributed by atoms with Crippen LogP contribution in [0.4, 0.5) is 0 Å². The lowest BCUT2D eigenvalue weighted by molar-refractivity contribution is -0.129. The SMILES string of the molecule is O=C(O[C@@H]1CCCCC1=O)c1ccc(-c2nc3ccccc3s2)s1. The highest BCUT2D eigenvalue weighted by molar-refractivity contribution is 7.26. The summed E-state index contributed by atoms with van der Waals surface area (Å²) in [6.07, 6.45) is 2.41. The van der Waals surface area contributed by atoms with E-state index in [4.69, 9.17) is 4.74 Å². The molecule has 1 aliphatic carbocycles. The second kappa shape index (κ2) is 6.45. The van der Waals surface area contributed by atoms with E-state index in [1.165, 1.54) is 11.3 Å². The molecule has 1 fully saturated rings. The number of benzene rings is 1. The van der Waals surface area contributed by atoms with Crippen molar-refractivity contribution < 1.29 is 14.3 Å². The van der Waals surface area contributed by atoms with Gasteiger partial charge in [0.25, 0.3) is 0 Å². The Labute approximate surface area is 147 Å². The molecule has 2 aromatic heterocycles. The van der Waals surface area contributed by atoms with Crippen molar-refractivity contribution in [3.05, 3.63) is 41.3 Å². The van der Waals surface area contributed by atoms with Gasteiger partial charge in [0.15, 0.2) is 11.9 Å². The first-order valence-corrected chi connectivity index (χ1v) is 9.53. The normalized spacial score (nSPS) is 18.0. The number of carbonyl (C=O) groups is 2. The van der Waals surface area contributed by atoms with E-state index in [1.54, 1.807) is 17.4 Å². The Morgan fingerprint density at radius 1 is 1.12 bits per heavy atom. The van der Waals surface area contributed by atoms with Crippen molar-refractivity contribution in [1.29, 1.82) is 0 Å². The molecular formula is C18H15NO3S2. The molecule has 3 aromatic rings. The molecule has 4 nitrogen and oxygen atoms in total. The lowest BCUT2D eigenvalue weighted by atomic mass is 9.96. The van der Waals surface area contributed by atoms with Gasteiger partial charge < -0.3 is 4.74 Å². The molecule has 1 aromatic carbocycles. The Morgan fingerprint density at radius 2 is 2.00 bits per heavy atom. The molecule has 0 aliphatic heterocycles. The molecule has 0 spiro atoms. The molecular weight excluding hydrogens is 342 g/mol. The van der Waals surface area contributed by atoms with E-state index in [2.05, 4.69) is 4.98 Å². The van der Waals surface area contributed by atoms with Gasteiger partial charge in [-0.1, -0.05) is 12.1 Å². The molecule has 0 N–H and O–H groups in total. The minimum Gasteiger partial charge on any atom is -0.450 e. The number of ether oxygens (including phenoxy) is 1. The number of ketones is 1. The van der Waals surface area contributed by atoms with Crippen LogP contribution in [-0.2, 0) is 9.53 Å². The Bertz CT molecular complexity index is 879. The molecule has 4 rings (SSSR count). The quantitative estimate of drug-likeness (QED) is 0.638. The number of para-hydroxylation sites is 1. The summed E-state index contributed by atoms with van der Waals surface area (Å²) in [6.45, 7) is 0. The third kappa shape index (κ3) is 2.99. The first kappa shape index (κ1) is 15.5. The van der Waals surface area contributed by atoms with E-state index in [0.717, 1.165) is 32.9 Å². The Morgan fingerprint density at radius 3 is 2.83 bits per heavy atom. The van der Waals surface area contributed by atoms with Gasteiger partial charge in [0.1, 0.15) is 9.88 Å². The second-order valence-electron chi connectivity index (χ2n) is 5.76. The highest BCUT2D eigenvalue weighted by atomic mass is 32.1. The summed E-state index contributed by atoms with van der Waals surface area (Å²) in [6, 6.07) is 11.6. The molecule has 0 radical (unpaired) electrons. The van der Waals surface area contributed by atoms with Crippen LogP contribution in [-0.4, -0.2) is 22.8 Å². The van der Waals surface area contributed by atoms with Crippen LogP contribution in [0.2, 0.25) is 0 Å². The van der Waals surface area contributed by atoms with Gasteiger partial charge in [-0.15, -0.1) is 22.7 Å². The van der Waals surface area contributed by atoms with Gasteiger partial charge in [0, 0.05) is 6.42 Å². The molecule has 0 saturated heterocycles. The van der Waals surface area contributed by atoms with Crippen molar-refractivity contribution >= 4 is 44.6 Å². The predicted octanol–water partition coefficient (Wildman–Crippen LogP) is 4.69. The van der Waals surface area contributed by atoms with Crippen LogP contribution >= 0.6 is 22.7 Å². The van der Waals surface area contributed by atoms with Crippen molar-refractivity contribution in [2.24, 2.45) is 0 Å². The molecule has 0 unspecified atom stereocenters. The average molecular weight is 357 g/mol. The fourth-order valence-corrected chi connectivity index (χ4v) is 4.71. The zero-order valence-electron chi connectivity index (χ0n) is 12.9. The average Bonchev–Trinajstić information content (AvgIpc) is 3.23. The number of thiophene rings is 1. The molecule has 6 heteroatoms. The Kier molecular flexibility index (Phi) is 4.16. The standard InChI is InChI=1S/C18H15NO3S2/c20-12-6-2-3-7-13(12)22-18(21)16-10-9-15(23-16)17-19-11-5-1-4-8-14(11)24-17/h1,4-5,8-10,13H,2-3,6-7H2/t13-/m1/s1. The number of fused-ring (bicyclic) bond motifs is 1. The predicted molar refractivity (Wildman–Crippen MR) is 95.6 cm³/mol. The maximum Gasteiger partial charge on any atom is 0.349 e. The summed E-state index contributed by atoms with van der Waals surface area (Å²) >= 11 is 2.97. The summed E-state index contributed by atoms with van der Waals surface area (Å²) < 4.78 is 6.53. The largest absolute Gasteiger partial charge is 0.450 e. The molecule has 1 aliphatic rings. The van der Waals surface area contributed by atoms with E-state index in [9.17, 15) is 9.59 Å². The van der Waals surface area contributed by atoms with Crippen LogP contribution < -0.4 is 0 Å². The van der Waals surface area contributed by atoms with Gasteiger partial charge in [-0.2, -0.15) is 0 Å². The maximum atomic E-state index is 12.3. The van der Waals surface area contributed by atoms with E-state index in [-0.39, 0.29) is 5.78 Å². The van der Waals surface area contributed by atoms with Gasteiger partial charge in [-0.05, 0) is 43.5 Å². The third-order valence-corrected chi connectivity index (χ3v) is 6.33. The van der Waals surface area contributed by atoms with Crippen molar-refractivity contribution in [2.75, 3.05) is 0 Å². The van der Waals surface area contributed by atoms with E-state index >= 15 is 0 Å². The van der Waals surface area contributed by atoms with Gasteiger partial charge in [-0.3, -0.25) is 4.79 Å². The fraction of sp³-hybridized carbons (Fsp3) is 0.278. The Hall–Kier alpha value is -2.05. The Balaban J connectivity index is 1.53. The second-order valence-corrected chi connectivity index (χ2v) is 7.87. The summed E-state index contributed by atoms with van der Waals surface area (Å²) in [5.74, 6) is -0.370. The number of nitrogens with zero attached hydrogens (tertiary/aromatic N) is 1. The van der Waals surface area contributed by atoms with Crippen molar-refractivity contribution in [3.8, 4) is 9.88 Å². The maximum absolute atomic E-state index is 12.3. The highest BCUT2D eigenvalue weighted by Gasteiger charge is 2.27. The van der Waals surface area contributed by atoms with Crippen LogP contribution in [0.15, 0.2) is 36.4 Å².